The fourth-order valence-corrected chi connectivity index (χ4v) is 4.49. The lowest BCUT2D eigenvalue weighted by atomic mass is 9.96. The Labute approximate surface area is 194 Å². The van der Waals surface area contributed by atoms with Crippen LogP contribution >= 0.6 is 11.6 Å². The molecule has 2 aromatic carbocycles. The summed E-state index contributed by atoms with van der Waals surface area (Å²) in [7, 11) is 0. The van der Waals surface area contributed by atoms with Crippen LogP contribution in [0, 0.1) is 5.92 Å². The summed E-state index contributed by atoms with van der Waals surface area (Å²) in [6.07, 6.45) is 1.62. The Morgan fingerprint density at radius 3 is 2.47 bits per heavy atom. The Kier molecular flexibility index (Phi) is 7.79. The Morgan fingerprint density at radius 1 is 1.00 bits per heavy atom. The molecule has 2 aliphatic heterocycles. The van der Waals surface area contributed by atoms with Gasteiger partial charge in [0.05, 0.1) is 19.1 Å². The van der Waals surface area contributed by atoms with E-state index in [0.717, 1.165) is 51.3 Å². The van der Waals surface area contributed by atoms with Crippen molar-refractivity contribution in [3.05, 3.63) is 70.2 Å². The van der Waals surface area contributed by atoms with Gasteiger partial charge in [-0.15, -0.1) is 0 Å². The Hall–Kier alpha value is -2.41. The summed E-state index contributed by atoms with van der Waals surface area (Å²) in [5.41, 5.74) is 2.97. The van der Waals surface area contributed by atoms with E-state index in [-0.39, 0.29) is 17.7 Å². The zero-order valence-electron chi connectivity index (χ0n) is 18.3. The van der Waals surface area contributed by atoms with Crippen molar-refractivity contribution in [3.63, 3.8) is 0 Å². The number of amides is 2. The van der Waals surface area contributed by atoms with E-state index in [9.17, 15) is 9.59 Å². The molecule has 32 heavy (non-hydrogen) atoms. The van der Waals surface area contributed by atoms with Crippen LogP contribution in [-0.4, -0.2) is 61.0 Å². The molecule has 2 aliphatic rings. The summed E-state index contributed by atoms with van der Waals surface area (Å²) in [6.45, 7) is 5.89. The molecule has 0 radical (unpaired) electrons. The van der Waals surface area contributed by atoms with Crippen molar-refractivity contribution >= 4 is 23.4 Å². The predicted molar refractivity (Wildman–Crippen MR) is 124 cm³/mol. The Balaban J connectivity index is 1.33. The molecule has 0 unspecified atom stereocenters. The number of carbonyl (C=O) groups is 2. The molecular formula is C25H30ClN3O3. The molecule has 0 aliphatic carbocycles. The molecule has 0 aromatic heterocycles. The van der Waals surface area contributed by atoms with E-state index in [1.165, 1.54) is 5.56 Å². The molecule has 2 aromatic rings. The highest BCUT2D eigenvalue weighted by molar-refractivity contribution is 6.30. The van der Waals surface area contributed by atoms with Crippen LogP contribution in [0.15, 0.2) is 48.5 Å². The fraction of sp³-hybridized carbons (Fsp3) is 0.440. The van der Waals surface area contributed by atoms with Gasteiger partial charge in [0, 0.05) is 49.9 Å². The number of hydrogen-bond acceptors (Lipinski definition) is 4. The number of nitrogens with zero attached hydrogens (tertiary/aromatic N) is 2. The molecule has 6 nitrogen and oxygen atoms in total. The average molecular weight is 456 g/mol. The maximum atomic E-state index is 12.9. The molecule has 2 amide bonds. The van der Waals surface area contributed by atoms with Gasteiger partial charge in [-0.2, -0.15) is 0 Å². The molecule has 0 saturated carbocycles. The number of halogens is 1. The predicted octanol–water partition coefficient (Wildman–Crippen LogP) is 3.34. The minimum absolute atomic E-state index is 0.0137. The lowest BCUT2D eigenvalue weighted by Gasteiger charge is -2.32. The molecular weight excluding hydrogens is 426 g/mol. The van der Waals surface area contributed by atoms with Crippen LogP contribution in [0.4, 0.5) is 0 Å². The highest BCUT2D eigenvalue weighted by Gasteiger charge is 2.29. The third-order valence-corrected chi connectivity index (χ3v) is 6.49. The number of ether oxygens (including phenoxy) is 1. The quantitative estimate of drug-likeness (QED) is 0.725. The Bertz CT molecular complexity index is 928. The van der Waals surface area contributed by atoms with Crippen molar-refractivity contribution < 1.29 is 14.3 Å². The SMILES string of the molecule is O=C(NCc1ccccc1CN1CCOCC1)[C@@H]1CCCN(C(=O)c2ccc(Cl)cc2)C1. The number of carbonyl (C=O) groups excluding carboxylic acids is 2. The second kappa shape index (κ2) is 10.9. The van der Waals surface area contributed by atoms with Gasteiger partial charge in [-0.05, 0) is 48.2 Å². The molecule has 2 fully saturated rings. The van der Waals surface area contributed by atoms with E-state index < -0.39 is 0 Å². The van der Waals surface area contributed by atoms with Crippen LogP contribution in [0.3, 0.4) is 0 Å². The van der Waals surface area contributed by atoms with Crippen molar-refractivity contribution in [2.24, 2.45) is 5.92 Å². The van der Waals surface area contributed by atoms with E-state index in [0.29, 0.717) is 30.2 Å². The first kappa shape index (κ1) is 22.8. The largest absolute Gasteiger partial charge is 0.379 e. The fourth-order valence-electron chi connectivity index (χ4n) is 4.36. The highest BCUT2D eigenvalue weighted by atomic mass is 35.5. The number of morpholine rings is 1. The summed E-state index contributed by atoms with van der Waals surface area (Å²) in [5, 5.41) is 3.72. The van der Waals surface area contributed by atoms with Gasteiger partial charge >= 0.3 is 0 Å². The van der Waals surface area contributed by atoms with Crippen molar-refractivity contribution in [1.29, 1.82) is 0 Å². The van der Waals surface area contributed by atoms with Crippen LogP contribution in [-0.2, 0) is 22.6 Å². The lowest BCUT2D eigenvalue weighted by molar-refractivity contribution is -0.126. The number of rotatable bonds is 6. The summed E-state index contributed by atoms with van der Waals surface area (Å²) in [5.74, 6) is -0.221. The van der Waals surface area contributed by atoms with Gasteiger partial charge in [0.25, 0.3) is 5.91 Å². The van der Waals surface area contributed by atoms with E-state index >= 15 is 0 Å². The normalized spacial score (nSPS) is 19.5. The molecule has 170 valence electrons. The summed E-state index contributed by atoms with van der Waals surface area (Å²) >= 11 is 5.93. The average Bonchev–Trinajstić information content (AvgIpc) is 2.84. The van der Waals surface area contributed by atoms with Crippen LogP contribution < -0.4 is 5.32 Å². The first-order valence-corrected chi connectivity index (χ1v) is 11.7. The number of nitrogens with one attached hydrogen (secondary N) is 1. The first-order chi connectivity index (χ1) is 15.6. The van der Waals surface area contributed by atoms with Crippen LogP contribution in [0.2, 0.25) is 5.02 Å². The van der Waals surface area contributed by atoms with E-state index in [1.807, 2.05) is 12.1 Å². The molecule has 0 spiro atoms. The summed E-state index contributed by atoms with van der Waals surface area (Å²) in [6, 6.07) is 15.2. The van der Waals surface area contributed by atoms with Gasteiger partial charge in [-0.25, -0.2) is 0 Å². The lowest BCUT2D eigenvalue weighted by Crippen LogP contribution is -2.45. The maximum Gasteiger partial charge on any atom is 0.253 e. The minimum Gasteiger partial charge on any atom is -0.379 e. The number of piperidine rings is 1. The van der Waals surface area contributed by atoms with Gasteiger partial charge in [-0.3, -0.25) is 14.5 Å². The van der Waals surface area contributed by atoms with Crippen molar-refractivity contribution in [2.75, 3.05) is 39.4 Å². The van der Waals surface area contributed by atoms with Gasteiger partial charge < -0.3 is 15.0 Å². The van der Waals surface area contributed by atoms with Gasteiger partial charge in [-0.1, -0.05) is 35.9 Å². The molecule has 0 bridgehead atoms. The zero-order valence-corrected chi connectivity index (χ0v) is 19.0. The zero-order chi connectivity index (χ0) is 22.3. The molecule has 2 saturated heterocycles. The molecule has 1 N–H and O–H groups in total. The third-order valence-electron chi connectivity index (χ3n) is 6.24. The maximum absolute atomic E-state index is 12.9. The molecule has 7 heteroatoms. The molecule has 1 atom stereocenters. The monoisotopic (exact) mass is 455 g/mol. The molecule has 2 heterocycles. The van der Waals surface area contributed by atoms with Crippen LogP contribution in [0.5, 0.6) is 0 Å². The first-order valence-electron chi connectivity index (χ1n) is 11.3. The third kappa shape index (κ3) is 5.88. The van der Waals surface area contributed by atoms with Gasteiger partial charge in [0.15, 0.2) is 0 Å². The number of likely N-dealkylation sites (tertiary alicyclic amines) is 1. The van der Waals surface area contributed by atoms with Crippen molar-refractivity contribution in [2.45, 2.75) is 25.9 Å². The van der Waals surface area contributed by atoms with E-state index in [4.69, 9.17) is 16.3 Å². The van der Waals surface area contributed by atoms with E-state index in [1.54, 1.807) is 29.2 Å². The minimum atomic E-state index is -0.189. The van der Waals surface area contributed by atoms with Gasteiger partial charge in [0.2, 0.25) is 5.91 Å². The smallest absolute Gasteiger partial charge is 0.253 e. The summed E-state index contributed by atoms with van der Waals surface area (Å²) in [4.78, 5) is 29.9. The number of hydrogen-bond donors (Lipinski definition) is 1. The van der Waals surface area contributed by atoms with Crippen molar-refractivity contribution in [1.82, 2.24) is 15.1 Å². The van der Waals surface area contributed by atoms with Crippen molar-refractivity contribution in [3.8, 4) is 0 Å². The van der Waals surface area contributed by atoms with E-state index in [2.05, 4.69) is 22.3 Å². The highest BCUT2D eigenvalue weighted by Crippen LogP contribution is 2.20. The molecule has 4 rings (SSSR count). The van der Waals surface area contributed by atoms with Crippen LogP contribution in [0.1, 0.15) is 34.3 Å². The van der Waals surface area contributed by atoms with Gasteiger partial charge in [0.1, 0.15) is 0 Å². The second-order valence-corrected chi connectivity index (χ2v) is 8.91. The number of benzene rings is 2. The standard InChI is InChI=1S/C25H30ClN3O3/c26-23-9-7-19(8-10-23)25(31)29-11-3-6-22(18-29)24(30)27-16-20-4-1-2-5-21(20)17-28-12-14-32-15-13-28/h1-2,4-5,7-10,22H,3,6,11-18H2,(H,27,30)/t22-/m1/s1. The second-order valence-electron chi connectivity index (χ2n) is 8.47. The Morgan fingerprint density at radius 2 is 1.72 bits per heavy atom. The van der Waals surface area contributed by atoms with Crippen LogP contribution in [0.25, 0.3) is 0 Å². The topological polar surface area (TPSA) is 61.9 Å². The summed E-state index contributed by atoms with van der Waals surface area (Å²) < 4.78 is 5.44.